The number of nitrogens with two attached hydrogens (primary N) is 1. The van der Waals surface area contributed by atoms with Crippen LogP contribution in [0.15, 0.2) is 40.8 Å². The number of fused-ring (bicyclic) bond motifs is 1. The fourth-order valence-corrected chi connectivity index (χ4v) is 2.38. The molecule has 1 heterocycles. The van der Waals surface area contributed by atoms with Crippen LogP contribution < -0.4 is 5.73 Å². The summed E-state index contributed by atoms with van der Waals surface area (Å²) < 4.78 is 10.8. The molecule has 2 N–H and O–H groups in total. The normalized spacial score (nSPS) is 10.8. The van der Waals surface area contributed by atoms with E-state index in [0.29, 0.717) is 33.3 Å². The van der Waals surface area contributed by atoms with Crippen LogP contribution in [-0.2, 0) is 4.74 Å². The largest absolute Gasteiger partial charge is 0.462 e. The molecule has 0 aliphatic heterocycles. The van der Waals surface area contributed by atoms with Crippen LogP contribution in [-0.4, -0.2) is 17.6 Å². The van der Waals surface area contributed by atoms with Crippen LogP contribution in [0, 0.1) is 0 Å². The second-order valence-electron chi connectivity index (χ2n) is 4.64. The van der Waals surface area contributed by atoms with Gasteiger partial charge in [-0.3, -0.25) is 0 Å². The smallest absolute Gasteiger partial charge is 0.342 e. The Bertz CT molecular complexity index is 858. The zero-order valence-electron chi connectivity index (χ0n) is 11.8. The number of nitrogens with zero attached hydrogens (tertiary/aromatic N) is 1. The maximum atomic E-state index is 12.0. The maximum Gasteiger partial charge on any atom is 0.342 e. The van der Waals surface area contributed by atoms with Gasteiger partial charge >= 0.3 is 5.97 Å². The highest BCUT2D eigenvalue weighted by Gasteiger charge is 2.19. The van der Waals surface area contributed by atoms with Gasteiger partial charge < -0.3 is 14.9 Å². The van der Waals surface area contributed by atoms with Crippen LogP contribution in [0.2, 0.25) is 5.02 Å². The van der Waals surface area contributed by atoms with Gasteiger partial charge in [-0.2, -0.15) is 0 Å². The molecule has 2 aromatic carbocycles. The Balaban J connectivity index is 2.19. The maximum absolute atomic E-state index is 12.0. The van der Waals surface area contributed by atoms with Crippen molar-refractivity contribution in [3.8, 4) is 11.5 Å². The minimum absolute atomic E-state index is 0.252. The van der Waals surface area contributed by atoms with Crippen molar-refractivity contribution in [3.05, 3.63) is 47.0 Å². The second-order valence-corrected chi connectivity index (χ2v) is 5.04. The number of carbonyl (C=O) groups excluding carboxylic acids is 1. The molecule has 22 heavy (non-hydrogen) atoms. The number of halogens is 1. The van der Waals surface area contributed by atoms with E-state index in [2.05, 4.69) is 4.98 Å². The summed E-state index contributed by atoms with van der Waals surface area (Å²) in [4.78, 5) is 16.4. The first-order valence-corrected chi connectivity index (χ1v) is 7.10. The van der Waals surface area contributed by atoms with Gasteiger partial charge in [0.15, 0.2) is 5.58 Å². The van der Waals surface area contributed by atoms with Gasteiger partial charge in [0, 0.05) is 5.69 Å². The molecule has 3 rings (SSSR count). The van der Waals surface area contributed by atoms with Crippen molar-refractivity contribution in [1.29, 1.82) is 0 Å². The molecule has 0 radical (unpaired) electrons. The molecule has 3 aromatic rings. The molecular formula is C16H13ClN2O3. The monoisotopic (exact) mass is 316 g/mol. The number of ether oxygens (including phenoxy) is 1. The van der Waals surface area contributed by atoms with E-state index in [1.165, 1.54) is 6.07 Å². The van der Waals surface area contributed by atoms with E-state index < -0.39 is 5.97 Å². The molecular weight excluding hydrogens is 304 g/mol. The quantitative estimate of drug-likeness (QED) is 0.585. The molecule has 0 bridgehead atoms. The van der Waals surface area contributed by atoms with E-state index in [-0.39, 0.29) is 12.2 Å². The number of nitrogen functional groups attached to an aromatic ring is 1. The number of rotatable bonds is 3. The van der Waals surface area contributed by atoms with Crippen LogP contribution >= 0.6 is 11.6 Å². The summed E-state index contributed by atoms with van der Waals surface area (Å²) >= 11 is 6.15. The molecule has 0 amide bonds. The third-order valence-corrected chi connectivity index (χ3v) is 3.44. The fraction of sp³-hybridized carbons (Fsp3) is 0.125. The summed E-state index contributed by atoms with van der Waals surface area (Å²) in [7, 11) is 0. The molecule has 0 spiro atoms. The molecule has 0 saturated carbocycles. The first-order chi connectivity index (χ1) is 10.6. The fourth-order valence-electron chi connectivity index (χ4n) is 2.16. The van der Waals surface area contributed by atoms with Crippen molar-refractivity contribution in [2.24, 2.45) is 0 Å². The summed E-state index contributed by atoms with van der Waals surface area (Å²) in [5, 5.41) is 0.514. The SMILES string of the molecule is CCOC(=O)c1cc(N)cc2nc(-c3ccccc3Cl)oc12. The number of oxazole rings is 1. The number of hydrogen-bond acceptors (Lipinski definition) is 5. The highest BCUT2D eigenvalue weighted by atomic mass is 35.5. The minimum Gasteiger partial charge on any atom is -0.462 e. The molecule has 0 aliphatic rings. The van der Waals surface area contributed by atoms with Crippen LogP contribution in [0.4, 0.5) is 5.69 Å². The summed E-state index contributed by atoms with van der Waals surface area (Å²) in [6.07, 6.45) is 0. The lowest BCUT2D eigenvalue weighted by molar-refractivity contribution is 0.0527. The van der Waals surface area contributed by atoms with Crippen LogP contribution in [0.5, 0.6) is 0 Å². The minimum atomic E-state index is -0.498. The second kappa shape index (κ2) is 5.69. The van der Waals surface area contributed by atoms with E-state index >= 15 is 0 Å². The van der Waals surface area contributed by atoms with Gasteiger partial charge in [-0.15, -0.1) is 0 Å². The number of aromatic nitrogens is 1. The molecule has 1 aromatic heterocycles. The number of anilines is 1. The van der Waals surface area contributed by atoms with E-state index in [0.717, 1.165) is 0 Å². The molecule has 6 heteroatoms. The Morgan fingerprint density at radius 2 is 2.14 bits per heavy atom. The zero-order chi connectivity index (χ0) is 15.7. The zero-order valence-corrected chi connectivity index (χ0v) is 12.6. The third kappa shape index (κ3) is 2.51. The van der Waals surface area contributed by atoms with E-state index in [4.69, 9.17) is 26.5 Å². The molecule has 0 fully saturated rings. The molecule has 0 unspecified atom stereocenters. The Hall–Kier alpha value is -2.53. The summed E-state index contributed by atoms with van der Waals surface area (Å²) in [5.41, 5.74) is 7.95. The predicted molar refractivity (Wildman–Crippen MR) is 84.8 cm³/mol. The Labute approximate surface area is 131 Å². The lowest BCUT2D eigenvalue weighted by atomic mass is 10.2. The average Bonchev–Trinajstić information content (AvgIpc) is 2.90. The first-order valence-electron chi connectivity index (χ1n) is 6.72. The number of benzene rings is 2. The Kier molecular flexibility index (Phi) is 3.73. The lowest BCUT2D eigenvalue weighted by Crippen LogP contribution is -2.05. The van der Waals surface area contributed by atoms with Gasteiger partial charge in [0.25, 0.3) is 0 Å². The summed E-state index contributed by atoms with van der Waals surface area (Å²) in [6, 6.07) is 10.3. The van der Waals surface area contributed by atoms with Gasteiger partial charge in [0.1, 0.15) is 11.1 Å². The average molecular weight is 317 g/mol. The first kappa shape index (κ1) is 14.4. The number of carbonyl (C=O) groups is 1. The standard InChI is InChI=1S/C16H13ClN2O3/c1-2-21-16(20)11-7-9(18)8-13-14(11)22-15(19-13)10-5-3-4-6-12(10)17/h3-8H,2,18H2,1H3. The van der Waals surface area contributed by atoms with Gasteiger partial charge in [-0.1, -0.05) is 23.7 Å². The summed E-state index contributed by atoms with van der Waals surface area (Å²) in [5.74, 6) is -0.168. The van der Waals surface area contributed by atoms with Crippen molar-refractivity contribution in [2.75, 3.05) is 12.3 Å². The molecule has 0 aliphatic carbocycles. The Morgan fingerprint density at radius 1 is 1.36 bits per heavy atom. The van der Waals surface area contributed by atoms with Crippen LogP contribution in [0.1, 0.15) is 17.3 Å². The van der Waals surface area contributed by atoms with Crippen molar-refractivity contribution in [1.82, 2.24) is 4.98 Å². The van der Waals surface area contributed by atoms with E-state index in [1.807, 2.05) is 12.1 Å². The van der Waals surface area contributed by atoms with Gasteiger partial charge in [0.05, 0.1) is 17.2 Å². The van der Waals surface area contributed by atoms with Crippen molar-refractivity contribution < 1.29 is 13.9 Å². The van der Waals surface area contributed by atoms with Crippen LogP contribution in [0.3, 0.4) is 0 Å². The number of hydrogen-bond donors (Lipinski definition) is 1. The van der Waals surface area contributed by atoms with Gasteiger partial charge in [0.2, 0.25) is 5.89 Å². The van der Waals surface area contributed by atoms with E-state index in [1.54, 1.807) is 25.1 Å². The van der Waals surface area contributed by atoms with Crippen molar-refractivity contribution >= 4 is 34.4 Å². The van der Waals surface area contributed by atoms with Gasteiger partial charge in [-0.05, 0) is 31.2 Å². The topological polar surface area (TPSA) is 78.4 Å². The molecule has 0 saturated heterocycles. The van der Waals surface area contributed by atoms with Crippen molar-refractivity contribution in [3.63, 3.8) is 0 Å². The van der Waals surface area contributed by atoms with Crippen LogP contribution in [0.25, 0.3) is 22.6 Å². The number of esters is 1. The third-order valence-electron chi connectivity index (χ3n) is 3.11. The van der Waals surface area contributed by atoms with Gasteiger partial charge in [-0.25, -0.2) is 9.78 Å². The highest BCUT2D eigenvalue weighted by molar-refractivity contribution is 6.33. The predicted octanol–water partition coefficient (Wildman–Crippen LogP) is 3.91. The van der Waals surface area contributed by atoms with E-state index in [9.17, 15) is 4.79 Å². The highest BCUT2D eigenvalue weighted by Crippen LogP contribution is 2.32. The Morgan fingerprint density at radius 3 is 2.86 bits per heavy atom. The molecule has 0 atom stereocenters. The summed E-state index contributed by atoms with van der Waals surface area (Å²) in [6.45, 7) is 2.00. The molecule has 112 valence electrons. The lowest BCUT2D eigenvalue weighted by Gasteiger charge is -2.03. The molecule has 5 nitrogen and oxygen atoms in total. The van der Waals surface area contributed by atoms with Crippen molar-refractivity contribution in [2.45, 2.75) is 6.92 Å².